The van der Waals surface area contributed by atoms with Gasteiger partial charge in [-0.05, 0) is 42.9 Å². The van der Waals surface area contributed by atoms with Gasteiger partial charge in [-0.3, -0.25) is 4.79 Å². The molecule has 2 unspecified atom stereocenters. The first-order chi connectivity index (χ1) is 9.16. The van der Waals surface area contributed by atoms with E-state index in [0.29, 0.717) is 5.92 Å². The van der Waals surface area contributed by atoms with Crippen molar-refractivity contribution in [2.24, 2.45) is 11.7 Å². The third-order valence-electron chi connectivity index (χ3n) is 4.74. The molecule has 3 rings (SSSR count). The average Bonchev–Trinajstić information content (AvgIpc) is 2.74. The first-order valence-corrected chi connectivity index (χ1v) is 7.37. The molecule has 19 heavy (non-hydrogen) atoms. The second-order valence-electron chi connectivity index (χ2n) is 5.98. The molecule has 1 aliphatic carbocycles. The molecule has 0 aromatic heterocycles. The number of nitrogens with two attached hydrogens (primary N) is 1. The fraction of sp³-hybridized carbons (Fsp3) is 0.562. The number of hydrogen-bond donors (Lipinski definition) is 2. The molecular weight excluding hydrogens is 236 g/mol. The summed E-state index contributed by atoms with van der Waals surface area (Å²) < 4.78 is 0. The summed E-state index contributed by atoms with van der Waals surface area (Å²) in [6.07, 6.45) is 6.44. The maximum absolute atomic E-state index is 11.7. The Kier molecular flexibility index (Phi) is 3.31. The molecule has 1 saturated carbocycles. The SMILES string of the molecule is CC1C(=O)Nc2ccc(C(N)C3CCCCC3)cc21. The van der Waals surface area contributed by atoms with E-state index in [9.17, 15) is 4.79 Å². The first kappa shape index (κ1) is 12.7. The summed E-state index contributed by atoms with van der Waals surface area (Å²) in [6.45, 7) is 1.96. The number of benzene rings is 1. The van der Waals surface area contributed by atoms with Gasteiger partial charge in [-0.1, -0.05) is 31.4 Å². The van der Waals surface area contributed by atoms with Crippen LogP contribution in [0.5, 0.6) is 0 Å². The highest BCUT2D eigenvalue weighted by atomic mass is 16.2. The van der Waals surface area contributed by atoms with E-state index >= 15 is 0 Å². The Bertz CT molecular complexity index is 492. The summed E-state index contributed by atoms with van der Waals surface area (Å²) in [5.74, 6) is 0.652. The summed E-state index contributed by atoms with van der Waals surface area (Å²) in [5.41, 5.74) is 9.69. The molecular formula is C16H22N2O. The van der Waals surface area contributed by atoms with Crippen LogP contribution in [0.25, 0.3) is 0 Å². The molecule has 1 fully saturated rings. The molecule has 1 aromatic rings. The fourth-order valence-electron chi connectivity index (χ4n) is 3.41. The van der Waals surface area contributed by atoms with Gasteiger partial charge >= 0.3 is 0 Å². The molecule has 0 bridgehead atoms. The highest BCUT2D eigenvalue weighted by Gasteiger charge is 2.28. The molecule has 3 nitrogen and oxygen atoms in total. The van der Waals surface area contributed by atoms with E-state index in [1.165, 1.54) is 37.7 Å². The number of hydrogen-bond acceptors (Lipinski definition) is 2. The Labute approximate surface area is 114 Å². The van der Waals surface area contributed by atoms with Crippen LogP contribution in [-0.2, 0) is 4.79 Å². The predicted octanol–water partition coefficient (Wildman–Crippen LogP) is 3.32. The number of fused-ring (bicyclic) bond motifs is 1. The second-order valence-corrected chi connectivity index (χ2v) is 5.98. The van der Waals surface area contributed by atoms with Gasteiger partial charge in [0.15, 0.2) is 0 Å². The smallest absolute Gasteiger partial charge is 0.231 e. The van der Waals surface area contributed by atoms with Crippen LogP contribution in [0.4, 0.5) is 5.69 Å². The first-order valence-electron chi connectivity index (χ1n) is 7.37. The summed E-state index contributed by atoms with van der Waals surface area (Å²) in [7, 11) is 0. The van der Waals surface area contributed by atoms with Crippen molar-refractivity contribution < 1.29 is 4.79 Å². The second kappa shape index (κ2) is 4.97. The topological polar surface area (TPSA) is 55.1 Å². The molecule has 102 valence electrons. The third-order valence-corrected chi connectivity index (χ3v) is 4.74. The Balaban J connectivity index is 1.84. The van der Waals surface area contributed by atoms with Crippen LogP contribution in [-0.4, -0.2) is 5.91 Å². The quantitative estimate of drug-likeness (QED) is 0.855. The van der Waals surface area contributed by atoms with Crippen molar-refractivity contribution in [3.8, 4) is 0 Å². The molecule has 3 N–H and O–H groups in total. The lowest BCUT2D eigenvalue weighted by molar-refractivity contribution is -0.116. The van der Waals surface area contributed by atoms with Crippen molar-refractivity contribution in [3.05, 3.63) is 29.3 Å². The minimum Gasteiger partial charge on any atom is -0.325 e. The maximum Gasteiger partial charge on any atom is 0.231 e. The summed E-state index contributed by atoms with van der Waals surface area (Å²) in [4.78, 5) is 11.7. The van der Waals surface area contributed by atoms with Crippen molar-refractivity contribution in [1.82, 2.24) is 0 Å². The molecule has 2 aliphatic rings. The zero-order valence-electron chi connectivity index (χ0n) is 11.5. The van der Waals surface area contributed by atoms with Crippen molar-refractivity contribution in [2.75, 3.05) is 5.32 Å². The van der Waals surface area contributed by atoms with Crippen LogP contribution in [0.2, 0.25) is 0 Å². The van der Waals surface area contributed by atoms with E-state index in [1.807, 2.05) is 13.0 Å². The molecule has 1 amide bonds. The lowest BCUT2D eigenvalue weighted by Gasteiger charge is -2.28. The number of amides is 1. The number of rotatable bonds is 2. The monoisotopic (exact) mass is 258 g/mol. The van der Waals surface area contributed by atoms with E-state index in [0.717, 1.165) is 11.3 Å². The average molecular weight is 258 g/mol. The zero-order chi connectivity index (χ0) is 13.4. The molecule has 1 aromatic carbocycles. The Morgan fingerprint density at radius 1 is 1.26 bits per heavy atom. The van der Waals surface area contributed by atoms with Gasteiger partial charge in [0.2, 0.25) is 5.91 Å². The largest absolute Gasteiger partial charge is 0.325 e. The minimum absolute atomic E-state index is 0.0477. The summed E-state index contributed by atoms with van der Waals surface area (Å²) in [5, 5.41) is 2.91. The van der Waals surface area contributed by atoms with Gasteiger partial charge in [0, 0.05) is 11.7 Å². The van der Waals surface area contributed by atoms with Crippen LogP contribution in [0.3, 0.4) is 0 Å². The highest BCUT2D eigenvalue weighted by molar-refractivity contribution is 6.02. The van der Waals surface area contributed by atoms with Crippen LogP contribution in [0.15, 0.2) is 18.2 Å². The van der Waals surface area contributed by atoms with E-state index in [2.05, 4.69) is 17.4 Å². The van der Waals surface area contributed by atoms with Gasteiger partial charge in [-0.2, -0.15) is 0 Å². The van der Waals surface area contributed by atoms with E-state index < -0.39 is 0 Å². The van der Waals surface area contributed by atoms with Crippen LogP contribution >= 0.6 is 0 Å². The summed E-state index contributed by atoms with van der Waals surface area (Å²) in [6, 6.07) is 6.34. The predicted molar refractivity (Wildman–Crippen MR) is 77.0 cm³/mol. The molecule has 1 aliphatic heterocycles. The molecule has 1 heterocycles. The van der Waals surface area contributed by atoms with Gasteiger partial charge in [0.05, 0.1) is 5.92 Å². The fourth-order valence-corrected chi connectivity index (χ4v) is 3.41. The van der Waals surface area contributed by atoms with Gasteiger partial charge < -0.3 is 11.1 Å². The van der Waals surface area contributed by atoms with Crippen LogP contribution in [0, 0.1) is 5.92 Å². The van der Waals surface area contributed by atoms with E-state index in [-0.39, 0.29) is 17.9 Å². The van der Waals surface area contributed by atoms with Gasteiger partial charge in [0.25, 0.3) is 0 Å². The molecule has 0 saturated heterocycles. The number of nitrogens with one attached hydrogen (secondary N) is 1. The number of carbonyl (C=O) groups is 1. The Morgan fingerprint density at radius 2 is 2.00 bits per heavy atom. The van der Waals surface area contributed by atoms with E-state index in [1.54, 1.807) is 0 Å². The molecule has 2 atom stereocenters. The Hall–Kier alpha value is -1.35. The van der Waals surface area contributed by atoms with Crippen LogP contribution in [0.1, 0.15) is 62.1 Å². The summed E-state index contributed by atoms with van der Waals surface area (Å²) >= 11 is 0. The standard InChI is InChI=1S/C16H22N2O/c1-10-13-9-12(7-8-14(13)18-16(10)19)15(17)11-5-3-2-4-6-11/h7-11,15H,2-6,17H2,1H3,(H,18,19). The van der Waals surface area contributed by atoms with Crippen LogP contribution < -0.4 is 11.1 Å². The minimum atomic E-state index is -0.0477. The van der Waals surface area contributed by atoms with Gasteiger partial charge in [-0.15, -0.1) is 0 Å². The molecule has 3 heteroatoms. The van der Waals surface area contributed by atoms with Crippen molar-refractivity contribution in [1.29, 1.82) is 0 Å². The van der Waals surface area contributed by atoms with Crippen molar-refractivity contribution in [3.63, 3.8) is 0 Å². The maximum atomic E-state index is 11.7. The molecule has 0 radical (unpaired) electrons. The van der Waals surface area contributed by atoms with E-state index in [4.69, 9.17) is 5.73 Å². The lowest BCUT2D eigenvalue weighted by atomic mass is 9.81. The van der Waals surface area contributed by atoms with Gasteiger partial charge in [-0.25, -0.2) is 0 Å². The van der Waals surface area contributed by atoms with Crippen molar-refractivity contribution in [2.45, 2.75) is 51.0 Å². The third kappa shape index (κ3) is 2.27. The highest BCUT2D eigenvalue weighted by Crippen LogP contribution is 2.37. The number of carbonyl (C=O) groups excluding carboxylic acids is 1. The van der Waals surface area contributed by atoms with Crippen molar-refractivity contribution >= 4 is 11.6 Å². The molecule has 0 spiro atoms. The Morgan fingerprint density at radius 3 is 2.74 bits per heavy atom. The normalized spacial score (nSPS) is 24.9. The number of anilines is 1. The lowest BCUT2D eigenvalue weighted by Crippen LogP contribution is -2.23. The zero-order valence-corrected chi connectivity index (χ0v) is 11.5. The van der Waals surface area contributed by atoms with Gasteiger partial charge in [0.1, 0.15) is 0 Å².